The Kier molecular flexibility index (Phi) is 3.60. The molecule has 98 valence electrons. The quantitative estimate of drug-likeness (QED) is 0.746. The second-order valence-electron chi connectivity index (χ2n) is 6.91. The number of piperidine rings is 1. The summed E-state index contributed by atoms with van der Waals surface area (Å²) >= 11 is 0. The highest BCUT2D eigenvalue weighted by Gasteiger charge is 2.41. The molecule has 2 aliphatic rings. The molecule has 2 rings (SSSR count). The largest absolute Gasteiger partial charge is 0.309 e. The molecule has 0 radical (unpaired) electrons. The molecular formula is C14H26N2O. The maximum atomic E-state index is 11.6. The fraction of sp³-hybridized carbons (Fsp3) is 0.929. The van der Waals surface area contributed by atoms with Crippen LogP contribution in [-0.2, 0) is 4.79 Å². The molecule has 0 amide bonds. The molecule has 17 heavy (non-hydrogen) atoms. The molecule has 0 saturated carbocycles. The zero-order valence-corrected chi connectivity index (χ0v) is 11.7. The summed E-state index contributed by atoms with van der Waals surface area (Å²) in [5, 5.41) is 0. The van der Waals surface area contributed by atoms with Gasteiger partial charge in [-0.25, -0.2) is 0 Å². The summed E-state index contributed by atoms with van der Waals surface area (Å²) in [5.74, 6) is 0.485. The van der Waals surface area contributed by atoms with Crippen LogP contribution in [0.15, 0.2) is 0 Å². The van der Waals surface area contributed by atoms with Crippen molar-refractivity contribution in [3.05, 3.63) is 0 Å². The minimum absolute atomic E-state index is 0.310. The van der Waals surface area contributed by atoms with E-state index in [4.69, 9.17) is 0 Å². The molecule has 0 aromatic rings. The molecule has 3 heteroatoms. The van der Waals surface area contributed by atoms with E-state index in [0.29, 0.717) is 23.3 Å². The molecular weight excluding hydrogens is 212 g/mol. The Morgan fingerprint density at radius 2 is 1.76 bits per heavy atom. The molecule has 0 N–H and O–H groups in total. The van der Waals surface area contributed by atoms with E-state index in [1.165, 1.54) is 12.8 Å². The van der Waals surface area contributed by atoms with Gasteiger partial charge in [-0.1, -0.05) is 13.8 Å². The Morgan fingerprint density at radius 1 is 1.24 bits per heavy atom. The van der Waals surface area contributed by atoms with Gasteiger partial charge in [0.15, 0.2) is 0 Å². The number of ketones is 1. The van der Waals surface area contributed by atoms with Crippen molar-refractivity contribution in [3.63, 3.8) is 0 Å². The molecule has 0 spiro atoms. The minimum Gasteiger partial charge on any atom is -0.309 e. The van der Waals surface area contributed by atoms with Crippen LogP contribution in [0.3, 0.4) is 0 Å². The lowest BCUT2D eigenvalue weighted by Crippen LogP contribution is -2.49. The van der Waals surface area contributed by atoms with Gasteiger partial charge < -0.3 is 4.90 Å². The van der Waals surface area contributed by atoms with E-state index in [1.54, 1.807) is 0 Å². The normalized spacial score (nSPS) is 30.3. The molecule has 2 atom stereocenters. The van der Waals surface area contributed by atoms with Gasteiger partial charge in [-0.3, -0.25) is 9.69 Å². The van der Waals surface area contributed by atoms with Crippen LogP contribution in [0.4, 0.5) is 0 Å². The minimum atomic E-state index is 0.310. The number of Topliss-reactive ketones (excluding diaryl/α,β-unsaturated/α-hetero) is 1. The summed E-state index contributed by atoms with van der Waals surface area (Å²) < 4.78 is 0. The second kappa shape index (κ2) is 4.69. The van der Waals surface area contributed by atoms with Crippen molar-refractivity contribution in [1.29, 1.82) is 0 Å². The summed E-state index contributed by atoms with van der Waals surface area (Å²) in [6, 6.07) is 1.09. The summed E-state index contributed by atoms with van der Waals surface area (Å²) in [6.45, 7) is 6.91. The zero-order chi connectivity index (χ0) is 12.6. The number of carbonyl (C=O) groups is 1. The van der Waals surface area contributed by atoms with Crippen LogP contribution in [0.2, 0.25) is 0 Å². The summed E-state index contributed by atoms with van der Waals surface area (Å²) in [5.41, 5.74) is 0.310. The van der Waals surface area contributed by atoms with Crippen molar-refractivity contribution < 1.29 is 4.79 Å². The average molecular weight is 238 g/mol. The maximum Gasteiger partial charge on any atom is 0.136 e. The fourth-order valence-corrected chi connectivity index (χ4v) is 3.72. The third-order valence-electron chi connectivity index (χ3n) is 4.05. The van der Waals surface area contributed by atoms with Crippen molar-refractivity contribution in [3.8, 4) is 0 Å². The first-order valence-corrected chi connectivity index (χ1v) is 6.79. The van der Waals surface area contributed by atoms with Crippen molar-refractivity contribution in [1.82, 2.24) is 9.80 Å². The van der Waals surface area contributed by atoms with Gasteiger partial charge in [0.1, 0.15) is 5.78 Å². The first-order chi connectivity index (χ1) is 7.87. The lowest BCUT2D eigenvalue weighted by molar-refractivity contribution is -0.124. The maximum absolute atomic E-state index is 11.6. The number of nitrogens with zero attached hydrogens (tertiary/aromatic N) is 2. The zero-order valence-electron chi connectivity index (χ0n) is 11.7. The van der Waals surface area contributed by atoms with Crippen LogP contribution in [0.5, 0.6) is 0 Å². The molecule has 2 saturated heterocycles. The van der Waals surface area contributed by atoms with Gasteiger partial charge in [-0.2, -0.15) is 0 Å². The lowest BCUT2D eigenvalue weighted by atomic mass is 9.89. The highest BCUT2D eigenvalue weighted by Crippen LogP contribution is 2.36. The van der Waals surface area contributed by atoms with Gasteiger partial charge in [0, 0.05) is 38.0 Å². The number of hydrogen-bond acceptors (Lipinski definition) is 3. The van der Waals surface area contributed by atoms with Gasteiger partial charge in [-0.15, -0.1) is 0 Å². The molecule has 2 heterocycles. The van der Waals surface area contributed by atoms with E-state index in [-0.39, 0.29) is 0 Å². The average Bonchev–Trinajstić information content (AvgIpc) is 2.42. The van der Waals surface area contributed by atoms with Crippen LogP contribution in [0.25, 0.3) is 0 Å². The Bertz CT molecular complexity index is 283. The Hall–Kier alpha value is -0.410. The Morgan fingerprint density at radius 3 is 2.24 bits per heavy atom. The van der Waals surface area contributed by atoms with E-state index in [9.17, 15) is 4.79 Å². The van der Waals surface area contributed by atoms with Crippen LogP contribution < -0.4 is 0 Å². The van der Waals surface area contributed by atoms with Crippen LogP contribution in [0, 0.1) is 5.41 Å². The monoisotopic (exact) mass is 238 g/mol. The number of fused-ring (bicyclic) bond motifs is 2. The molecule has 3 nitrogen and oxygen atoms in total. The van der Waals surface area contributed by atoms with E-state index in [2.05, 4.69) is 37.7 Å². The van der Waals surface area contributed by atoms with Gasteiger partial charge in [0.05, 0.1) is 0 Å². The Labute approximate surface area is 105 Å². The summed E-state index contributed by atoms with van der Waals surface area (Å²) in [6.07, 6.45) is 4.06. The Balaban J connectivity index is 1.98. The van der Waals surface area contributed by atoms with Gasteiger partial charge in [0.2, 0.25) is 0 Å². The highest BCUT2D eigenvalue weighted by molar-refractivity contribution is 5.80. The molecule has 0 aromatic heterocycles. The van der Waals surface area contributed by atoms with Crippen molar-refractivity contribution in [2.75, 3.05) is 27.2 Å². The van der Waals surface area contributed by atoms with Gasteiger partial charge in [0.25, 0.3) is 0 Å². The SMILES string of the molecule is CN(C)CC(C)(C)CN1C2CCC1CC(=O)C2. The third-order valence-corrected chi connectivity index (χ3v) is 4.05. The van der Waals surface area contributed by atoms with E-state index in [0.717, 1.165) is 25.9 Å². The van der Waals surface area contributed by atoms with Crippen molar-refractivity contribution in [2.24, 2.45) is 5.41 Å². The molecule has 2 unspecified atom stereocenters. The first kappa shape index (κ1) is 13.0. The summed E-state index contributed by atoms with van der Waals surface area (Å²) in [7, 11) is 4.27. The molecule has 0 aromatic carbocycles. The first-order valence-electron chi connectivity index (χ1n) is 6.79. The second-order valence-corrected chi connectivity index (χ2v) is 6.91. The molecule has 2 bridgehead atoms. The molecule has 2 fully saturated rings. The predicted molar refractivity (Wildman–Crippen MR) is 70.1 cm³/mol. The van der Waals surface area contributed by atoms with E-state index in [1.807, 2.05) is 0 Å². The lowest BCUT2D eigenvalue weighted by Gasteiger charge is -2.40. The van der Waals surface area contributed by atoms with Crippen LogP contribution in [-0.4, -0.2) is 54.9 Å². The molecule has 0 aliphatic carbocycles. The predicted octanol–water partition coefficient (Wildman–Crippen LogP) is 1.77. The van der Waals surface area contributed by atoms with E-state index < -0.39 is 0 Å². The van der Waals surface area contributed by atoms with Crippen LogP contribution >= 0.6 is 0 Å². The van der Waals surface area contributed by atoms with Crippen molar-refractivity contribution >= 4 is 5.78 Å². The number of rotatable bonds is 4. The smallest absolute Gasteiger partial charge is 0.136 e. The highest BCUT2D eigenvalue weighted by atomic mass is 16.1. The number of carbonyl (C=O) groups excluding carboxylic acids is 1. The number of hydrogen-bond donors (Lipinski definition) is 0. The van der Waals surface area contributed by atoms with Gasteiger partial charge >= 0.3 is 0 Å². The molecule has 2 aliphatic heterocycles. The third kappa shape index (κ3) is 3.08. The van der Waals surface area contributed by atoms with Gasteiger partial charge in [-0.05, 0) is 32.4 Å². The van der Waals surface area contributed by atoms with Crippen molar-refractivity contribution in [2.45, 2.75) is 51.6 Å². The fourth-order valence-electron chi connectivity index (χ4n) is 3.72. The topological polar surface area (TPSA) is 23.6 Å². The van der Waals surface area contributed by atoms with Crippen LogP contribution in [0.1, 0.15) is 39.5 Å². The standard InChI is InChI=1S/C14H26N2O/c1-14(2,9-15(3)4)10-16-11-5-6-12(16)8-13(17)7-11/h11-12H,5-10H2,1-4H3. The summed E-state index contributed by atoms with van der Waals surface area (Å²) in [4.78, 5) is 16.5. The van der Waals surface area contributed by atoms with E-state index >= 15 is 0 Å².